The lowest BCUT2D eigenvalue weighted by Gasteiger charge is -2.31. The largest absolute Gasteiger partial charge is 0.381 e. The maximum Gasteiger partial charge on any atom is 0.143 e. The molecule has 0 bridgehead atoms. The summed E-state index contributed by atoms with van der Waals surface area (Å²) in [7, 11) is 0. The van der Waals surface area contributed by atoms with E-state index in [1.54, 1.807) is 0 Å². The fourth-order valence-corrected chi connectivity index (χ4v) is 2.82. The fourth-order valence-electron chi connectivity index (χ4n) is 2.82. The highest BCUT2D eigenvalue weighted by atomic mass is 16.5. The van der Waals surface area contributed by atoms with Gasteiger partial charge in [0.15, 0.2) is 0 Å². The number of nitrogens with one attached hydrogen (secondary N) is 1. The molecule has 0 spiro atoms. The number of ether oxygens (including phenoxy) is 1. The van der Waals surface area contributed by atoms with Crippen molar-refractivity contribution in [1.29, 1.82) is 0 Å². The van der Waals surface area contributed by atoms with Gasteiger partial charge in [-0.25, -0.2) is 0 Å². The summed E-state index contributed by atoms with van der Waals surface area (Å²) in [6.45, 7) is 5.57. The Morgan fingerprint density at radius 3 is 2.73 bits per heavy atom. The third kappa shape index (κ3) is 2.08. The van der Waals surface area contributed by atoms with Crippen LogP contribution in [0.2, 0.25) is 0 Å². The van der Waals surface area contributed by atoms with Gasteiger partial charge in [-0.05, 0) is 32.2 Å². The first kappa shape index (κ1) is 11.1. The molecule has 1 N–H and O–H groups in total. The molecule has 0 aromatic heterocycles. The van der Waals surface area contributed by atoms with Crippen LogP contribution in [-0.4, -0.2) is 32.1 Å². The van der Waals surface area contributed by atoms with Crippen LogP contribution in [0.15, 0.2) is 0 Å². The Balaban J connectivity index is 2.03. The Morgan fingerprint density at radius 1 is 1.47 bits per heavy atom. The van der Waals surface area contributed by atoms with Gasteiger partial charge in [0.25, 0.3) is 0 Å². The van der Waals surface area contributed by atoms with Crippen molar-refractivity contribution in [2.24, 2.45) is 11.3 Å². The van der Waals surface area contributed by atoms with Crippen LogP contribution in [0.5, 0.6) is 0 Å². The summed E-state index contributed by atoms with van der Waals surface area (Å²) < 4.78 is 5.31. The predicted octanol–water partition coefficient (Wildman–Crippen LogP) is 1.37. The summed E-state index contributed by atoms with van der Waals surface area (Å²) in [5.41, 5.74) is -0.0536. The van der Waals surface area contributed by atoms with Crippen LogP contribution in [0.4, 0.5) is 0 Å². The Morgan fingerprint density at radius 2 is 2.20 bits per heavy atom. The first-order chi connectivity index (χ1) is 7.28. The molecule has 0 saturated carbocycles. The van der Waals surface area contributed by atoms with Gasteiger partial charge >= 0.3 is 0 Å². The summed E-state index contributed by atoms with van der Waals surface area (Å²) >= 11 is 0. The second kappa shape index (κ2) is 4.62. The van der Waals surface area contributed by atoms with Crippen LogP contribution in [0.3, 0.4) is 0 Å². The number of hydrogen-bond donors (Lipinski definition) is 1. The van der Waals surface area contributed by atoms with Crippen molar-refractivity contribution in [2.75, 3.05) is 26.3 Å². The molecule has 2 aliphatic heterocycles. The average molecular weight is 211 g/mol. The number of Topliss-reactive ketones (excluding diaryl/α,β-unsaturated/α-hetero) is 1. The molecule has 2 aliphatic rings. The average Bonchev–Trinajstić information content (AvgIpc) is 2.79. The molecule has 1 atom stereocenters. The SMILES string of the molecule is CCC1(C(=O)C2CCOCC2)CCNC1. The summed E-state index contributed by atoms with van der Waals surface area (Å²) in [5.74, 6) is 0.761. The van der Waals surface area contributed by atoms with E-state index in [-0.39, 0.29) is 11.3 Å². The molecule has 0 aliphatic carbocycles. The highest BCUT2D eigenvalue weighted by Crippen LogP contribution is 2.35. The topological polar surface area (TPSA) is 38.3 Å². The zero-order valence-electron chi connectivity index (χ0n) is 9.55. The minimum Gasteiger partial charge on any atom is -0.381 e. The Hall–Kier alpha value is -0.410. The second-order valence-corrected chi connectivity index (χ2v) is 4.81. The molecule has 2 saturated heterocycles. The van der Waals surface area contributed by atoms with E-state index < -0.39 is 0 Å². The van der Waals surface area contributed by atoms with E-state index in [1.165, 1.54) is 0 Å². The monoisotopic (exact) mass is 211 g/mol. The maximum absolute atomic E-state index is 12.5. The van der Waals surface area contributed by atoms with Gasteiger partial charge in [0.05, 0.1) is 0 Å². The quantitative estimate of drug-likeness (QED) is 0.766. The van der Waals surface area contributed by atoms with Gasteiger partial charge in [0.1, 0.15) is 5.78 Å². The third-order valence-corrected chi connectivity index (χ3v) is 4.04. The minimum atomic E-state index is -0.0536. The molecule has 2 heterocycles. The van der Waals surface area contributed by atoms with E-state index in [4.69, 9.17) is 4.74 Å². The first-order valence-corrected chi connectivity index (χ1v) is 6.11. The van der Waals surface area contributed by atoms with E-state index in [0.717, 1.165) is 52.0 Å². The smallest absolute Gasteiger partial charge is 0.143 e. The summed E-state index contributed by atoms with van der Waals surface area (Å²) in [5, 5.41) is 3.33. The highest BCUT2D eigenvalue weighted by Gasteiger charge is 2.42. The molecule has 2 rings (SSSR count). The number of hydrogen-bond acceptors (Lipinski definition) is 3. The van der Waals surface area contributed by atoms with E-state index in [9.17, 15) is 4.79 Å². The van der Waals surface area contributed by atoms with Crippen LogP contribution in [0.1, 0.15) is 32.6 Å². The summed E-state index contributed by atoms with van der Waals surface area (Å²) in [6, 6.07) is 0. The number of carbonyl (C=O) groups excluding carboxylic acids is 1. The van der Waals surface area contributed by atoms with Crippen LogP contribution in [0.25, 0.3) is 0 Å². The third-order valence-electron chi connectivity index (χ3n) is 4.04. The van der Waals surface area contributed by atoms with Crippen molar-refractivity contribution in [3.05, 3.63) is 0 Å². The van der Waals surface area contributed by atoms with Gasteiger partial charge < -0.3 is 10.1 Å². The summed E-state index contributed by atoms with van der Waals surface area (Å²) in [4.78, 5) is 12.5. The van der Waals surface area contributed by atoms with Gasteiger partial charge in [0, 0.05) is 31.1 Å². The molecule has 0 aromatic rings. The standard InChI is InChI=1S/C12H21NO2/c1-2-12(5-6-13-9-12)11(14)10-3-7-15-8-4-10/h10,13H,2-9H2,1H3. The molecule has 3 nitrogen and oxygen atoms in total. The Kier molecular flexibility index (Phi) is 3.42. The molecule has 0 amide bonds. The molecule has 2 fully saturated rings. The molecule has 15 heavy (non-hydrogen) atoms. The first-order valence-electron chi connectivity index (χ1n) is 6.11. The number of ketones is 1. The van der Waals surface area contributed by atoms with Crippen LogP contribution in [-0.2, 0) is 9.53 Å². The van der Waals surface area contributed by atoms with Gasteiger partial charge in [-0.1, -0.05) is 6.92 Å². The number of rotatable bonds is 3. The maximum atomic E-state index is 12.5. The molecule has 86 valence electrons. The highest BCUT2D eigenvalue weighted by molar-refractivity contribution is 5.87. The molecular formula is C12H21NO2. The van der Waals surface area contributed by atoms with Gasteiger partial charge in [0.2, 0.25) is 0 Å². The lowest BCUT2D eigenvalue weighted by Crippen LogP contribution is -2.39. The lowest BCUT2D eigenvalue weighted by atomic mass is 9.73. The second-order valence-electron chi connectivity index (χ2n) is 4.81. The van der Waals surface area contributed by atoms with Gasteiger partial charge in [-0.3, -0.25) is 4.79 Å². The fraction of sp³-hybridized carbons (Fsp3) is 0.917. The Labute approximate surface area is 91.6 Å². The van der Waals surface area contributed by atoms with Crippen LogP contribution >= 0.6 is 0 Å². The predicted molar refractivity (Wildman–Crippen MR) is 58.8 cm³/mol. The van der Waals surface area contributed by atoms with Crippen molar-refractivity contribution >= 4 is 5.78 Å². The number of carbonyl (C=O) groups is 1. The van der Waals surface area contributed by atoms with Crippen molar-refractivity contribution in [1.82, 2.24) is 5.32 Å². The van der Waals surface area contributed by atoms with E-state index in [2.05, 4.69) is 12.2 Å². The summed E-state index contributed by atoms with van der Waals surface area (Å²) in [6.07, 6.45) is 3.87. The molecule has 0 radical (unpaired) electrons. The van der Waals surface area contributed by atoms with E-state index in [1.807, 2.05) is 0 Å². The van der Waals surface area contributed by atoms with Gasteiger partial charge in [-0.15, -0.1) is 0 Å². The molecule has 0 aromatic carbocycles. The van der Waals surface area contributed by atoms with Crippen molar-refractivity contribution < 1.29 is 9.53 Å². The van der Waals surface area contributed by atoms with Crippen molar-refractivity contribution in [3.63, 3.8) is 0 Å². The minimum absolute atomic E-state index is 0.0536. The molecule has 1 unspecified atom stereocenters. The lowest BCUT2D eigenvalue weighted by molar-refractivity contribution is -0.135. The normalized spacial score (nSPS) is 33.1. The van der Waals surface area contributed by atoms with E-state index >= 15 is 0 Å². The van der Waals surface area contributed by atoms with Crippen LogP contribution < -0.4 is 5.32 Å². The van der Waals surface area contributed by atoms with Crippen molar-refractivity contribution in [3.8, 4) is 0 Å². The molecule has 3 heteroatoms. The van der Waals surface area contributed by atoms with Crippen molar-refractivity contribution in [2.45, 2.75) is 32.6 Å². The Bertz CT molecular complexity index is 228. The zero-order valence-corrected chi connectivity index (χ0v) is 9.55. The zero-order chi connectivity index (χ0) is 10.7. The molecular weight excluding hydrogens is 190 g/mol. The van der Waals surface area contributed by atoms with E-state index in [0.29, 0.717) is 5.78 Å². The van der Waals surface area contributed by atoms with Gasteiger partial charge in [-0.2, -0.15) is 0 Å². The van der Waals surface area contributed by atoms with Crippen LogP contribution in [0, 0.1) is 11.3 Å².